The highest BCUT2D eigenvalue weighted by molar-refractivity contribution is 5.76. The van der Waals surface area contributed by atoms with Crippen LogP contribution in [-0.2, 0) is 0 Å². The highest BCUT2D eigenvalue weighted by atomic mass is 16.5. The third-order valence-corrected chi connectivity index (χ3v) is 3.88. The van der Waals surface area contributed by atoms with Gasteiger partial charge in [0.05, 0.1) is 13.2 Å². The maximum absolute atomic E-state index is 10.8. The number of ether oxygens (including phenoxy) is 2. The van der Waals surface area contributed by atoms with E-state index in [0.29, 0.717) is 30.3 Å². The smallest absolute Gasteiger partial charge is 0.161 e. The van der Waals surface area contributed by atoms with Crippen LogP contribution in [0.4, 0.5) is 0 Å². The van der Waals surface area contributed by atoms with Crippen LogP contribution in [0.1, 0.15) is 23.7 Å². The molecule has 0 aromatic heterocycles. The Balaban J connectivity index is 1.77. The third kappa shape index (κ3) is 5.00. The lowest BCUT2D eigenvalue weighted by atomic mass is 10.2. The van der Waals surface area contributed by atoms with Gasteiger partial charge in [-0.15, -0.1) is 0 Å². The fourth-order valence-corrected chi connectivity index (χ4v) is 2.53. The van der Waals surface area contributed by atoms with E-state index < -0.39 is 0 Å². The number of benzene rings is 1. The van der Waals surface area contributed by atoms with Gasteiger partial charge in [-0.25, -0.2) is 0 Å². The van der Waals surface area contributed by atoms with Crippen molar-refractivity contribution in [2.75, 3.05) is 53.0 Å². The van der Waals surface area contributed by atoms with E-state index in [-0.39, 0.29) is 0 Å². The zero-order valence-electron chi connectivity index (χ0n) is 13.6. The van der Waals surface area contributed by atoms with Crippen molar-refractivity contribution in [2.24, 2.45) is 0 Å². The lowest BCUT2D eigenvalue weighted by Gasteiger charge is -2.32. The summed E-state index contributed by atoms with van der Waals surface area (Å²) >= 11 is 0. The van der Waals surface area contributed by atoms with Gasteiger partial charge in [-0.2, -0.15) is 0 Å². The second kappa shape index (κ2) is 8.76. The van der Waals surface area contributed by atoms with Gasteiger partial charge in [0.25, 0.3) is 0 Å². The number of likely N-dealkylation sites (N-methyl/N-ethyl adjacent to an activating group) is 1. The Bertz CT molecular complexity index is 471. The molecule has 1 aromatic rings. The minimum Gasteiger partial charge on any atom is -0.490 e. The molecule has 0 aliphatic carbocycles. The summed E-state index contributed by atoms with van der Waals surface area (Å²) in [6.45, 7) is 8.75. The van der Waals surface area contributed by atoms with Crippen molar-refractivity contribution in [2.45, 2.75) is 13.3 Å². The molecule has 0 spiro atoms. The van der Waals surface area contributed by atoms with Crippen molar-refractivity contribution >= 4 is 6.29 Å². The van der Waals surface area contributed by atoms with Crippen LogP contribution in [0.15, 0.2) is 18.2 Å². The summed E-state index contributed by atoms with van der Waals surface area (Å²) in [4.78, 5) is 15.7. The van der Waals surface area contributed by atoms with Crippen molar-refractivity contribution in [3.8, 4) is 11.5 Å². The molecule has 1 aromatic carbocycles. The van der Waals surface area contributed by atoms with E-state index in [1.165, 1.54) is 0 Å². The molecular formula is C17H26N2O3. The van der Waals surface area contributed by atoms with Gasteiger partial charge in [0.15, 0.2) is 11.5 Å². The number of aldehydes is 1. The van der Waals surface area contributed by atoms with Crippen LogP contribution >= 0.6 is 0 Å². The van der Waals surface area contributed by atoms with Gasteiger partial charge >= 0.3 is 0 Å². The number of nitrogens with zero attached hydrogens (tertiary/aromatic N) is 2. The third-order valence-electron chi connectivity index (χ3n) is 3.88. The molecule has 0 radical (unpaired) electrons. The van der Waals surface area contributed by atoms with Crippen LogP contribution in [0.2, 0.25) is 0 Å². The van der Waals surface area contributed by atoms with Crippen LogP contribution in [-0.4, -0.2) is 69.1 Å². The summed E-state index contributed by atoms with van der Waals surface area (Å²) in [6.07, 6.45) is 1.81. The van der Waals surface area contributed by atoms with Gasteiger partial charge in [-0.3, -0.25) is 4.79 Å². The number of hydrogen-bond donors (Lipinski definition) is 0. The molecule has 1 aliphatic heterocycles. The fourth-order valence-electron chi connectivity index (χ4n) is 2.53. The average Bonchev–Trinajstić information content (AvgIpc) is 2.54. The van der Waals surface area contributed by atoms with Crippen molar-refractivity contribution in [3.05, 3.63) is 23.8 Å². The first-order valence-electron chi connectivity index (χ1n) is 7.98. The molecule has 0 amide bonds. The Kier molecular flexibility index (Phi) is 6.68. The van der Waals surface area contributed by atoms with Crippen LogP contribution in [0.5, 0.6) is 11.5 Å². The van der Waals surface area contributed by atoms with Crippen molar-refractivity contribution in [1.82, 2.24) is 9.80 Å². The van der Waals surface area contributed by atoms with Gasteiger partial charge in [-0.05, 0) is 38.6 Å². The van der Waals surface area contributed by atoms with Gasteiger partial charge < -0.3 is 19.3 Å². The van der Waals surface area contributed by atoms with E-state index in [0.717, 1.165) is 45.4 Å². The van der Waals surface area contributed by atoms with E-state index in [9.17, 15) is 4.79 Å². The predicted molar refractivity (Wildman–Crippen MR) is 87.0 cm³/mol. The molecule has 122 valence electrons. The minimum absolute atomic E-state index is 0.556. The largest absolute Gasteiger partial charge is 0.490 e. The van der Waals surface area contributed by atoms with Crippen LogP contribution in [0.3, 0.4) is 0 Å². The first kappa shape index (κ1) is 16.8. The molecule has 1 aliphatic rings. The van der Waals surface area contributed by atoms with E-state index >= 15 is 0 Å². The van der Waals surface area contributed by atoms with Crippen LogP contribution in [0.25, 0.3) is 0 Å². The molecule has 5 nitrogen and oxygen atoms in total. The molecular weight excluding hydrogens is 280 g/mol. The molecule has 0 atom stereocenters. The highest BCUT2D eigenvalue weighted by Gasteiger charge is 2.13. The second-order valence-corrected chi connectivity index (χ2v) is 5.60. The quantitative estimate of drug-likeness (QED) is 0.542. The molecule has 2 rings (SSSR count). The zero-order chi connectivity index (χ0) is 15.8. The van der Waals surface area contributed by atoms with Crippen LogP contribution in [0, 0.1) is 0 Å². The molecule has 0 bridgehead atoms. The average molecular weight is 306 g/mol. The van der Waals surface area contributed by atoms with Gasteiger partial charge in [0.1, 0.15) is 6.29 Å². The zero-order valence-corrected chi connectivity index (χ0v) is 13.6. The molecule has 1 saturated heterocycles. The molecule has 1 fully saturated rings. The first-order chi connectivity index (χ1) is 10.7. The maximum Gasteiger partial charge on any atom is 0.161 e. The Morgan fingerprint density at radius 2 is 1.91 bits per heavy atom. The molecule has 0 unspecified atom stereocenters. The normalized spacial score (nSPS) is 16.5. The second-order valence-electron chi connectivity index (χ2n) is 5.60. The van der Waals surface area contributed by atoms with Crippen LogP contribution < -0.4 is 9.47 Å². The van der Waals surface area contributed by atoms with E-state index in [4.69, 9.17) is 9.47 Å². The SMILES string of the molecule is CCOc1cc(C=O)ccc1OCCCN1CCN(C)CC1. The van der Waals surface area contributed by atoms with Crippen molar-refractivity contribution in [3.63, 3.8) is 0 Å². The summed E-state index contributed by atoms with van der Waals surface area (Å²) in [7, 11) is 2.17. The maximum atomic E-state index is 10.8. The highest BCUT2D eigenvalue weighted by Crippen LogP contribution is 2.28. The van der Waals surface area contributed by atoms with Crippen molar-refractivity contribution < 1.29 is 14.3 Å². The number of carbonyl (C=O) groups is 1. The van der Waals surface area contributed by atoms with E-state index in [1.807, 2.05) is 13.0 Å². The summed E-state index contributed by atoms with van der Waals surface area (Å²) < 4.78 is 11.4. The van der Waals surface area contributed by atoms with E-state index in [2.05, 4.69) is 16.8 Å². The number of piperazine rings is 1. The summed E-state index contributed by atoms with van der Waals surface area (Å²) in [5, 5.41) is 0. The number of hydrogen-bond acceptors (Lipinski definition) is 5. The first-order valence-corrected chi connectivity index (χ1v) is 7.98. The molecule has 22 heavy (non-hydrogen) atoms. The van der Waals surface area contributed by atoms with Crippen molar-refractivity contribution in [1.29, 1.82) is 0 Å². The topological polar surface area (TPSA) is 42.0 Å². The fraction of sp³-hybridized carbons (Fsp3) is 0.588. The monoisotopic (exact) mass is 306 g/mol. The summed E-state index contributed by atoms with van der Waals surface area (Å²) in [5.74, 6) is 1.36. The Labute approximate surface area is 132 Å². The molecule has 5 heteroatoms. The Morgan fingerprint density at radius 1 is 1.14 bits per heavy atom. The number of carbonyl (C=O) groups excluding carboxylic acids is 1. The molecule has 0 saturated carbocycles. The molecule has 1 heterocycles. The lowest BCUT2D eigenvalue weighted by molar-refractivity contribution is 0.112. The molecule has 0 N–H and O–H groups in total. The van der Waals surface area contributed by atoms with Gasteiger partial charge in [0, 0.05) is 38.3 Å². The Morgan fingerprint density at radius 3 is 2.59 bits per heavy atom. The van der Waals surface area contributed by atoms with E-state index in [1.54, 1.807) is 12.1 Å². The predicted octanol–water partition coefficient (Wildman–Crippen LogP) is 1.91. The lowest BCUT2D eigenvalue weighted by Crippen LogP contribution is -2.44. The summed E-state index contributed by atoms with van der Waals surface area (Å²) in [6, 6.07) is 5.29. The minimum atomic E-state index is 0.556. The Hall–Kier alpha value is -1.59. The number of rotatable bonds is 8. The summed E-state index contributed by atoms with van der Waals surface area (Å²) in [5.41, 5.74) is 0.605. The van der Waals surface area contributed by atoms with Gasteiger partial charge in [-0.1, -0.05) is 0 Å². The standard InChI is InChI=1S/C17H26N2O3/c1-3-21-17-13-15(14-20)5-6-16(17)22-12-4-7-19-10-8-18(2)9-11-19/h5-6,13-14H,3-4,7-12H2,1-2H3. The van der Waals surface area contributed by atoms with Gasteiger partial charge in [0.2, 0.25) is 0 Å².